The maximum Gasteiger partial charge on any atom is 0.573 e. The molecule has 0 aromatic heterocycles. The molecule has 0 aliphatic carbocycles. The second-order valence-electron chi connectivity index (χ2n) is 4.26. The van der Waals surface area contributed by atoms with Crippen LogP contribution in [0.3, 0.4) is 0 Å². The van der Waals surface area contributed by atoms with E-state index < -0.39 is 6.36 Å². The molecular weight excluding hydrogens is 291 g/mol. The molecule has 0 saturated carbocycles. The first-order valence-electron chi connectivity index (χ1n) is 5.81. The second kappa shape index (κ2) is 7.30. The van der Waals surface area contributed by atoms with Gasteiger partial charge in [0, 0.05) is 18.8 Å². The fraction of sp³-hybridized carbons (Fsp3) is 0.417. The molecule has 0 heterocycles. The Morgan fingerprint density at radius 2 is 1.85 bits per heavy atom. The van der Waals surface area contributed by atoms with Crippen molar-refractivity contribution in [3.05, 3.63) is 24.3 Å². The number of hydrogen-bond donors (Lipinski definition) is 2. The molecule has 0 amide bonds. The van der Waals surface area contributed by atoms with Crippen LogP contribution < -0.4 is 15.4 Å². The molecule has 0 fully saturated rings. The Kier molecular flexibility index (Phi) is 6.03. The van der Waals surface area contributed by atoms with Crippen LogP contribution in [0, 0.1) is 0 Å². The highest BCUT2D eigenvalue weighted by atomic mass is 32.1. The molecule has 0 bridgehead atoms. The van der Waals surface area contributed by atoms with Gasteiger partial charge in [-0.3, -0.25) is 0 Å². The van der Waals surface area contributed by atoms with E-state index in [-0.39, 0.29) is 5.75 Å². The summed E-state index contributed by atoms with van der Waals surface area (Å²) in [6.45, 7) is 1.49. The predicted molar refractivity (Wildman–Crippen MR) is 75.9 cm³/mol. The van der Waals surface area contributed by atoms with Crippen molar-refractivity contribution < 1.29 is 17.9 Å². The van der Waals surface area contributed by atoms with Gasteiger partial charge in [0.25, 0.3) is 0 Å². The Labute approximate surface area is 120 Å². The Morgan fingerprint density at radius 3 is 2.35 bits per heavy atom. The number of nitrogens with one attached hydrogen (secondary N) is 2. The van der Waals surface area contributed by atoms with Crippen LogP contribution in [0.25, 0.3) is 0 Å². The Hall–Kier alpha value is -1.54. The van der Waals surface area contributed by atoms with Gasteiger partial charge in [0.2, 0.25) is 0 Å². The summed E-state index contributed by atoms with van der Waals surface area (Å²) in [6.07, 6.45) is -4.68. The maximum atomic E-state index is 12.0. The molecule has 0 radical (unpaired) electrons. The number of thiocarbonyl (C=S) groups is 1. The number of benzene rings is 1. The molecule has 0 aliphatic heterocycles. The first-order valence-corrected chi connectivity index (χ1v) is 6.22. The van der Waals surface area contributed by atoms with E-state index in [9.17, 15) is 13.2 Å². The van der Waals surface area contributed by atoms with E-state index in [1.807, 2.05) is 19.0 Å². The molecule has 0 atom stereocenters. The molecule has 112 valence electrons. The fourth-order valence-electron chi connectivity index (χ4n) is 1.31. The lowest BCUT2D eigenvalue weighted by molar-refractivity contribution is -0.274. The lowest BCUT2D eigenvalue weighted by Crippen LogP contribution is -2.34. The maximum absolute atomic E-state index is 12.0. The quantitative estimate of drug-likeness (QED) is 0.817. The fourth-order valence-corrected chi connectivity index (χ4v) is 1.53. The van der Waals surface area contributed by atoms with E-state index in [4.69, 9.17) is 12.2 Å². The molecule has 20 heavy (non-hydrogen) atoms. The van der Waals surface area contributed by atoms with Crippen LogP contribution >= 0.6 is 12.2 Å². The summed E-state index contributed by atoms with van der Waals surface area (Å²) in [6, 6.07) is 5.36. The van der Waals surface area contributed by atoms with Crippen LogP contribution in [0.2, 0.25) is 0 Å². The molecule has 0 saturated heterocycles. The van der Waals surface area contributed by atoms with Crippen LogP contribution in [0.5, 0.6) is 5.75 Å². The standard InChI is InChI=1S/C12H16F3N3OS/c1-18(2)8-7-16-11(20)17-9-3-5-10(6-4-9)19-12(13,14)15/h3-6H,7-8H2,1-2H3,(H2,16,17,20). The SMILES string of the molecule is CN(C)CCNC(=S)Nc1ccc(OC(F)(F)F)cc1. The van der Waals surface area contributed by atoms with Crippen molar-refractivity contribution in [2.75, 3.05) is 32.5 Å². The van der Waals surface area contributed by atoms with Crippen molar-refractivity contribution in [2.24, 2.45) is 0 Å². The molecule has 0 aliphatic rings. The van der Waals surface area contributed by atoms with Gasteiger partial charge in [0.1, 0.15) is 5.75 Å². The lowest BCUT2D eigenvalue weighted by atomic mass is 10.3. The zero-order valence-electron chi connectivity index (χ0n) is 11.1. The topological polar surface area (TPSA) is 36.5 Å². The summed E-state index contributed by atoms with van der Waals surface area (Å²) >= 11 is 5.06. The van der Waals surface area contributed by atoms with E-state index in [1.165, 1.54) is 24.3 Å². The minimum Gasteiger partial charge on any atom is -0.406 e. The monoisotopic (exact) mass is 307 g/mol. The van der Waals surface area contributed by atoms with Crippen LogP contribution in [-0.4, -0.2) is 43.6 Å². The van der Waals surface area contributed by atoms with Gasteiger partial charge in [-0.05, 0) is 50.6 Å². The highest BCUT2D eigenvalue weighted by Gasteiger charge is 2.30. The van der Waals surface area contributed by atoms with E-state index in [1.54, 1.807) is 0 Å². The highest BCUT2D eigenvalue weighted by Crippen LogP contribution is 2.23. The highest BCUT2D eigenvalue weighted by molar-refractivity contribution is 7.80. The molecule has 0 spiro atoms. The number of anilines is 1. The molecule has 0 unspecified atom stereocenters. The van der Waals surface area contributed by atoms with Crippen molar-refractivity contribution in [3.63, 3.8) is 0 Å². The van der Waals surface area contributed by atoms with Crippen molar-refractivity contribution in [3.8, 4) is 5.75 Å². The smallest absolute Gasteiger partial charge is 0.406 e. The van der Waals surface area contributed by atoms with Crippen LogP contribution in [0.1, 0.15) is 0 Å². The number of ether oxygens (including phenoxy) is 1. The van der Waals surface area contributed by atoms with Gasteiger partial charge in [-0.15, -0.1) is 13.2 Å². The summed E-state index contributed by atoms with van der Waals surface area (Å²) < 4.78 is 39.7. The summed E-state index contributed by atoms with van der Waals surface area (Å²) in [7, 11) is 3.88. The van der Waals surface area contributed by atoms with Crippen molar-refractivity contribution in [1.29, 1.82) is 0 Å². The predicted octanol–water partition coefficient (Wildman–Crippen LogP) is 2.43. The number of hydrogen-bond acceptors (Lipinski definition) is 3. The summed E-state index contributed by atoms with van der Waals surface area (Å²) in [5, 5.41) is 6.27. The largest absolute Gasteiger partial charge is 0.573 e. The molecule has 1 aromatic rings. The molecule has 2 N–H and O–H groups in total. The van der Waals surface area contributed by atoms with Crippen molar-refractivity contribution in [1.82, 2.24) is 10.2 Å². The molecular formula is C12H16F3N3OS. The van der Waals surface area contributed by atoms with Crippen LogP contribution in [0.15, 0.2) is 24.3 Å². The van der Waals surface area contributed by atoms with Crippen molar-refractivity contribution in [2.45, 2.75) is 6.36 Å². The summed E-state index contributed by atoms with van der Waals surface area (Å²) in [5.74, 6) is -0.269. The van der Waals surface area contributed by atoms with E-state index >= 15 is 0 Å². The molecule has 1 aromatic carbocycles. The average Bonchev–Trinajstić information content (AvgIpc) is 2.29. The third-order valence-corrected chi connectivity index (χ3v) is 2.44. The Bertz CT molecular complexity index is 435. The third-order valence-electron chi connectivity index (χ3n) is 2.19. The van der Waals surface area contributed by atoms with E-state index in [0.29, 0.717) is 17.3 Å². The van der Waals surface area contributed by atoms with Gasteiger partial charge in [-0.2, -0.15) is 0 Å². The van der Waals surface area contributed by atoms with E-state index in [2.05, 4.69) is 15.4 Å². The van der Waals surface area contributed by atoms with Gasteiger partial charge in [0.15, 0.2) is 5.11 Å². The molecule has 4 nitrogen and oxygen atoms in total. The summed E-state index contributed by atoms with van der Waals surface area (Å²) in [5.41, 5.74) is 0.585. The zero-order chi connectivity index (χ0) is 15.2. The average molecular weight is 307 g/mol. The molecule has 1 rings (SSSR count). The number of alkyl halides is 3. The number of rotatable bonds is 5. The first-order chi connectivity index (χ1) is 9.26. The normalized spacial score (nSPS) is 11.3. The minimum atomic E-state index is -4.68. The number of likely N-dealkylation sites (N-methyl/N-ethyl adjacent to an activating group) is 1. The number of nitrogens with zero attached hydrogens (tertiary/aromatic N) is 1. The Balaban J connectivity index is 2.43. The minimum absolute atomic E-state index is 0.269. The first kappa shape index (κ1) is 16.5. The molecule has 8 heteroatoms. The zero-order valence-corrected chi connectivity index (χ0v) is 11.9. The number of halogens is 3. The third kappa shape index (κ3) is 7.15. The second-order valence-corrected chi connectivity index (χ2v) is 4.66. The lowest BCUT2D eigenvalue weighted by Gasteiger charge is -2.14. The van der Waals surface area contributed by atoms with Crippen LogP contribution in [0.4, 0.5) is 18.9 Å². The Morgan fingerprint density at radius 1 is 1.25 bits per heavy atom. The van der Waals surface area contributed by atoms with E-state index in [0.717, 1.165) is 6.54 Å². The summed E-state index contributed by atoms with van der Waals surface area (Å²) in [4.78, 5) is 2.00. The van der Waals surface area contributed by atoms with Gasteiger partial charge >= 0.3 is 6.36 Å². The van der Waals surface area contributed by atoms with Gasteiger partial charge in [0.05, 0.1) is 0 Å². The van der Waals surface area contributed by atoms with Crippen LogP contribution in [-0.2, 0) is 0 Å². The van der Waals surface area contributed by atoms with Crippen molar-refractivity contribution >= 4 is 23.0 Å². The van der Waals surface area contributed by atoms with Gasteiger partial charge < -0.3 is 20.3 Å². The van der Waals surface area contributed by atoms with Gasteiger partial charge in [-0.1, -0.05) is 0 Å². The van der Waals surface area contributed by atoms with Gasteiger partial charge in [-0.25, -0.2) is 0 Å².